The SMILES string of the molecule is COC(=O)C1CCC([SH]2C=CC=C2Cl)C1. The van der Waals surface area contributed by atoms with E-state index in [0.29, 0.717) is 5.25 Å². The van der Waals surface area contributed by atoms with Crippen molar-refractivity contribution in [2.75, 3.05) is 7.11 Å². The molecule has 84 valence electrons. The minimum absolute atomic E-state index is 0.0595. The summed E-state index contributed by atoms with van der Waals surface area (Å²) in [6, 6.07) is 0. The molecule has 0 saturated heterocycles. The van der Waals surface area contributed by atoms with Crippen molar-refractivity contribution in [3.63, 3.8) is 0 Å². The van der Waals surface area contributed by atoms with Gasteiger partial charge < -0.3 is 4.74 Å². The van der Waals surface area contributed by atoms with Gasteiger partial charge >= 0.3 is 5.97 Å². The number of carbonyl (C=O) groups excluding carboxylic acids is 1. The Balaban J connectivity index is 1.96. The van der Waals surface area contributed by atoms with E-state index in [2.05, 4.69) is 5.41 Å². The van der Waals surface area contributed by atoms with Gasteiger partial charge in [-0.15, -0.1) is 0 Å². The Bertz CT molecular complexity index is 325. The van der Waals surface area contributed by atoms with Crippen LogP contribution in [0.1, 0.15) is 19.3 Å². The van der Waals surface area contributed by atoms with Crippen molar-refractivity contribution in [3.05, 3.63) is 21.9 Å². The lowest BCUT2D eigenvalue weighted by molar-refractivity contribution is -0.145. The molecule has 0 aromatic carbocycles. The van der Waals surface area contributed by atoms with Crippen LogP contribution in [0, 0.1) is 5.92 Å². The summed E-state index contributed by atoms with van der Waals surface area (Å²) in [4.78, 5) is 11.4. The Hall–Kier alpha value is -0.410. The zero-order valence-electron chi connectivity index (χ0n) is 8.65. The zero-order chi connectivity index (χ0) is 10.8. The van der Waals surface area contributed by atoms with Gasteiger partial charge in [0.1, 0.15) is 0 Å². The Morgan fingerprint density at radius 3 is 3.00 bits per heavy atom. The number of ether oxygens (including phenoxy) is 1. The number of methoxy groups -OCH3 is 1. The van der Waals surface area contributed by atoms with E-state index in [4.69, 9.17) is 16.3 Å². The van der Waals surface area contributed by atoms with Gasteiger partial charge in [0, 0.05) is 0 Å². The van der Waals surface area contributed by atoms with E-state index in [1.807, 2.05) is 12.2 Å². The lowest BCUT2D eigenvalue weighted by atomic mass is 10.1. The molecule has 1 fully saturated rings. The molecule has 0 spiro atoms. The van der Waals surface area contributed by atoms with Gasteiger partial charge in [0.15, 0.2) is 0 Å². The first-order valence-corrected chi connectivity index (χ1v) is 6.98. The maximum absolute atomic E-state index is 11.4. The first-order valence-electron chi connectivity index (χ1n) is 5.12. The molecule has 0 bridgehead atoms. The van der Waals surface area contributed by atoms with Crippen LogP contribution in [0.5, 0.6) is 0 Å². The molecular weight excluding hydrogens is 232 g/mol. The van der Waals surface area contributed by atoms with Gasteiger partial charge in [-0.1, -0.05) is 17.7 Å². The third-order valence-corrected chi connectivity index (χ3v) is 6.16. The number of hydrogen-bond donors (Lipinski definition) is 1. The summed E-state index contributed by atoms with van der Waals surface area (Å²) in [5, 5.41) is 2.77. The second-order valence-corrected chi connectivity index (χ2v) is 6.92. The molecular formula is C11H15ClO2S. The van der Waals surface area contributed by atoms with Crippen LogP contribution in [0.2, 0.25) is 0 Å². The summed E-state index contributed by atoms with van der Waals surface area (Å²) < 4.78 is 5.75. The Kier molecular flexibility index (Phi) is 3.42. The van der Waals surface area contributed by atoms with Crippen molar-refractivity contribution in [1.82, 2.24) is 0 Å². The van der Waals surface area contributed by atoms with E-state index in [-0.39, 0.29) is 22.8 Å². The molecule has 0 amide bonds. The van der Waals surface area contributed by atoms with Crippen molar-refractivity contribution in [3.8, 4) is 0 Å². The minimum atomic E-state index is -0.326. The quantitative estimate of drug-likeness (QED) is 0.599. The number of esters is 1. The Morgan fingerprint density at radius 1 is 1.60 bits per heavy atom. The van der Waals surface area contributed by atoms with Gasteiger partial charge in [-0.05, 0) is 36.0 Å². The van der Waals surface area contributed by atoms with Gasteiger partial charge in [-0.25, -0.2) is 0 Å². The molecule has 1 aliphatic heterocycles. The summed E-state index contributed by atoms with van der Waals surface area (Å²) in [6.07, 6.45) is 6.99. The average molecular weight is 247 g/mol. The predicted molar refractivity (Wildman–Crippen MR) is 65.2 cm³/mol. The van der Waals surface area contributed by atoms with Gasteiger partial charge in [0.25, 0.3) is 0 Å². The monoisotopic (exact) mass is 246 g/mol. The summed E-state index contributed by atoms with van der Waals surface area (Å²) in [6.45, 7) is 0. The third-order valence-electron chi connectivity index (χ3n) is 3.06. The van der Waals surface area contributed by atoms with Gasteiger partial charge in [-0.2, -0.15) is 10.9 Å². The minimum Gasteiger partial charge on any atom is -0.469 e. The van der Waals surface area contributed by atoms with E-state index < -0.39 is 0 Å². The van der Waals surface area contributed by atoms with Crippen molar-refractivity contribution in [2.24, 2.45) is 5.92 Å². The Morgan fingerprint density at radius 2 is 2.40 bits per heavy atom. The topological polar surface area (TPSA) is 26.3 Å². The predicted octanol–water partition coefficient (Wildman–Crippen LogP) is 2.94. The molecule has 3 unspecified atom stereocenters. The highest BCUT2D eigenvalue weighted by atomic mass is 35.5. The lowest BCUT2D eigenvalue weighted by Gasteiger charge is -2.21. The highest BCUT2D eigenvalue weighted by molar-refractivity contribution is 8.24. The highest BCUT2D eigenvalue weighted by Crippen LogP contribution is 2.53. The van der Waals surface area contributed by atoms with Crippen LogP contribution in [0.4, 0.5) is 0 Å². The molecule has 15 heavy (non-hydrogen) atoms. The molecule has 2 rings (SSSR count). The smallest absolute Gasteiger partial charge is 0.308 e. The van der Waals surface area contributed by atoms with E-state index in [1.165, 1.54) is 7.11 Å². The van der Waals surface area contributed by atoms with Crippen LogP contribution in [0.3, 0.4) is 0 Å². The first-order chi connectivity index (χ1) is 7.22. The molecule has 2 nitrogen and oxygen atoms in total. The van der Waals surface area contributed by atoms with Gasteiger partial charge in [0.05, 0.1) is 17.4 Å². The third kappa shape index (κ3) is 2.23. The summed E-state index contributed by atoms with van der Waals surface area (Å²) >= 11 is 6.13. The molecule has 2 aliphatic rings. The normalized spacial score (nSPS) is 36.7. The number of carbonyl (C=O) groups is 1. The fourth-order valence-electron chi connectivity index (χ4n) is 2.26. The van der Waals surface area contributed by atoms with Crippen LogP contribution in [0.15, 0.2) is 21.9 Å². The van der Waals surface area contributed by atoms with Crippen LogP contribution < -0.4 is 0 Å². The van der Waals surface area contributed by atoms with Gasteiger partial charge in [-0.3, -0.25) is 4.79 Å². The molecule has 1 saturated carbocycles. The lowest BCUT2D eigenvalue weighted by Crippen LogP contribution is -2.13. The first kappa shape index (κ1) is 11.1. The van der Waals surface area contributed by atoms with E-state index in [1.54, 1.807) is 0 Å². The molecule has 1 aliphatic carbocycles. The Labute approximate surface area is 97.7 Å². The van der Waals surface area contributed by atoms with Crippen LogP contribution >= 0.6 is 22.5 Å². The molecule has 0 aromatic rings. The second kappa shape index (κ2) is 4.62. The largest absolute Gasteiger partial charge is 0.469 e. The molecule has 1 heterocycles. The average Bonchev–Trinajstić information content (AvgIpc) is 2.84. The van der Waals surface area contributed by atoms with Crippen LogP contribution in [-0.2, 0) is 9.53 Å². The summed E-state index contributed by atoms with van der Waals surface area (Å²) in [5.74, 6) is 0.0387. The fraction of sp³-hybridized carbons (Fsp3) is 0.545. The summed E-state index contributed by atoms with van der Waals surface area (Å²) in [7, 11) is 1.14. The van der Waals surface area contributed by atoms with Crippen LogP contribution in [0.25, 0.3) is 0 Å². The standard InChI is InChI=1S/C11H15ClO2S/c1-14-11(13)8-4-5-9(7-8)15-6-2-3-10(15)12/h2-3,6,8-9,15H,4-5,7H2,1H3. The number of rotatable bonds is 2. The number of halogens is 1. The molecule has 0 radical (unpaired) electrons. The van der Waals surface area contributed by atoms with Gasteiger partial charge in [0.2, 0.25) is 0 Å². The molecule has 0 aromatic heterocycles. The fourth-order valence-corrected chi connectivity index (χ4v) is 5.09. The molecule has 3 atom stereocenters. The van der Waals surface area contributed by atoms with Crippen molar-refractivity contribution in [2.45, 2.75) is 24.5 Å². The molecule has 4 heteroatoms. The molecule has 0 N–H and O–H groups in total. The number of hydrogen-bond acceptors (Lipinski definition) is 2. The van der Waals surface area contributed by atoms with E-state index in [0.717, 1.165) is 23.6 Å². The maximum atomic E-state index is 11.4. The highest BCUT2D eigenvalue weighted by Gasteiger charge is 2.34. The van der Waals surface area contributed by atoms with Crippen molar-refractivity contribution < 1.29 is 9.53 Å². The van der Waals surface area contributed by atoms with E-state index in [9.17, 15) is 4.79 Å². The maximum Gasteiger partial charge on any atom is 0.308 e. The second-order valence-electron chi connectivity index (χ2n) is 3.93. The number of allylic oxidation sites excluding steroid dienone is 2. The van der Waals surface area contributed by atoms with Crippen LogP contribution in [-0.4, -0.2) is 18.3 Å². The zero-order valence-corrected chi connectivity index (χ0v) is 10.3. The number of thiol groups is 1. The van der Waals surface area contributed by atoms with Crippen molar-refractivity contribution >= 4 is 28.5 Å². The van der Waals surface area contributed by atoms with Crippen molar-refractivity contribution in [1.29, 1.82) is 0 Å². The van der Waals surface area contributed by atoms with E-state index >= 15 is 0 Å². The summed E-state index contributed by atoms with van der Waals surface area (Å²) in [5.41, 5.74) is 0.